The van der Waals surface area contributed by atoms with E-state index in [0.717, 1.165) is 0 Å². The van der Waals surface area contributed by atoms with Gasteiger partial charge in [0.2, 0.25) is 0 Å². The molecule has 0 saturated carbocycles. The van der Waals surface area contributed by atoms with Crippen LogP contribution in [0.5, 0.6) is 0 Å². The third-order valence-corrected chi connectivity index (χ3v) is 1.44. The second-order valence-electron chi connectivity index (χ2n) is 3.81. The first-order chi connectivity index (χ1) is 5.58. The minimum atomic E-state index is -0.0597. The molecule has 0 aromatic heterocycles. The summed E-state index contributed by atoms with van der Waals surface area (Å²) in [4.78, 5) is 0. The smallest absolute Gasteiger partial charge is 0.0724 e. The fourth-order valence-electron chi connectivity index (χ4n) is 0.820. The van der Waals surface area contributed by atoms with Crippen molar-refractivity contribution in [1.82, 2.24) is 0 Å². The number of ether oxygens (including phenoxy) is 1. The summed E-state index contributed by atoms with van der Waals surface area (Å²) in [5.41, 5.74) is 1.11. The summed E-state index contributed by atoms with van der Waals surface area (Å²) < 4.78 is 5.60. The average molecular weight is 163 g/mol. The lowest BCUT2D eigenvalue weighted by atomic mass is 10.2. The van der Waals surface area contributed by atoms with Crippen LogP contribution >= 0.6 is 0 Å². The van der Waals surface area contributed by atoms with Gasteiger partial charge in [0.1, 0.15) is 0 Å². The van der Waals surface area contributed by atoms with Crippen molar-refractivity contribution < 1.29 is 4.74 Å². The van der Waals surface area contributed by atoms with Crippen molar-refractivity contribution in [3.05, 3.63) is 35.9 Å². The lowest BCUT2D eigenvalue weighted by Crippen LogP contribution is -2.18. The number of hydrogen-bond donors (Lipinski definition) is 0. The van der Waals surface area contributed by atoms with Crippen LogP contribution < -0.4 is 0 Å². The van der Waals surface area contributed by atoms with Gasteiger partial charge >= 0.3 is 0 Å². The summed E-state index contributed by atoms with van der Waals surface area (Å²) in [5, 5.41) is 0. The molecule has 0 spiro atoms. The quantitative estimate of drug-likeness (QED) is 0.651. The molecular weight excluding hydrogens is 148 g/mol. The molecule has 0 aliphatic rings. The molecular formula is C11H15O. The molecule has 0 amide bonds. The number of benzene rings is 1. The highest BCUT2D eigenvalue weighted by Gasteiger charge is 2.09. The van der Waals surface area contributed by atoms with Gasteiger partial charge in [-0.2, -0.15) is 0 Å². The minimum Gasteiger partial charge on any atom is -0.371 e. The molecule has 0 aliphatic heterocycles. The van der Waals surface area contributed by atoms with Crippen LogP contribution in [0.15, 0.2) is 24.3 Å². The molecule has 12 heavy (non-hydrogen) atoms. The summed E-state index contributed by atoms with van der Waals surface area (Å²) in [5.74, 6) is 0. The van der Waals surface area contributed by atoms with Gasteiger partial charge in [0.05, 0.1) is 12.2 Å². The van der Waals surface area contributed by atoms with Gasteiger partial charge < -0.3 is 4.74 Å². The van der Waals surface area contributed by atoms with E-state index < -0.39 is 0 Å². The summed E-state index contributed by atoms with van der Waals surface area (Å²) in [6.45, 7) is 6.83. The highest BCUT2D eigenvalue weighted by atomic mass is 16.5. The SMILES string of the molecule is CC(C)(C)OCc1c[c]ccc1. The first kappa shape index (κ1) is 9.27. The molecule has 1 heteroatoms. The van der Waals surface area contributed by atoms with Crippen LogP contribution in [-0.4, -0.2) is 5.60 Å². The minimum absolute atomic E-state index is 0.0597. The highest BCUT2D eigenvalue weighted by Crippen LogP contribution is 2.10. The van der Waals surface area contributed by atoms with Gasteiger partial charge in [-0.25, -0.2) is 0 Å². The van der Waals surface area contributed by atoms with Gasteiger partial charge in [-0.1, -0.05) is 18.2 Å². The Bertz CT molecular complexity index is 221. The van der Waals surface area contributed by atoms with Crippen molar-refractivity contribution in [3.63, 3.8) is 0 Å². The summed E-state index contributed by atoms with van der Waals surface area (Å²) in [7, 11) is 0. The van der Waals surface area contributed by atoms with Gasteiger partial charge in [0.15, 0.2) is 0 Å². The topological polar surface area (TPSA) is 9.23 Å². The lowest BCUT2D eigenvalue weighted by molar-refractivity contribution is -0.0149. The molecule has 0 heterocycles. The molecule has 0 atom stereocenters. The van der Waals surface area contributed by atoms with E-state index in [2.05, 4.69) is 26.8 Å². The molecule has 0 aliphatic carbocycles. The lowest BCUT2D eigenvalue weighted by Gasteiger charge is -2.19. The van der Waals surface area contributed by atoms with Crippen LogP contribution in [-0.2, 0) is 11.3 Å². The summed E-state index contributed by atoms with van der Waals surface area (Å²) in [6, 6.07) is 10.9. The monoisotopic (exact) mass is 163 g/mol. The van der Waals surface area contributed by atoms with Gasteiger partial charge in [-0.15, -0.1) is 0 Å². The fourth-order valence-corrected chi connectivity index (χ4v) is 0.820. The average Bonchev–Trinajstić information content (AvgIpc) is 2.02. The van der Waals surface area contributed by atoms with Crippen molar-refractivity contribution in [2.75, 3.05) is 0 Å². The number of hydrogen-bond acceptors (Lipinski definition) is 1. The van der Waals surface area contributed by atoms with E-state index in [1.807, 2.05) is 24.3 Å². The second kappa shape index (κ2) is 3.72. The zero-order chi connectivity index (χ0) is 9.03. The molecule has 1 aromatic rings. The Labute approximate surface area is 74.4 Å². The van der Waals surface area contributed by atoms with Gasteiger partial charge in [0.25, 0.3) is 0 Å². The Balaban J connectivity index is 2.44. The van der Waals surface area contributed by atoms with E-state index >= 15 is 0 Å². The largest absolute Gasteiger partial charge is 0.371 e. The Hall–Kier alpha value is -0.820. The first-order valence-electron chi connectivity index (χ1n) is 4.17. The molecule has 1 aromatic carbocycles. The van der Waals surface area contributed by atoms with Crippen LogP contribution in [0.4, 0.5) is 0 Å². The van der Waals surface area contributed by atoms with Crippen LogP contribution in [0.25, 0.3) is 0 Å². The predicted molar refractivity (Wildman–Crippen MR) is 49.8 cm³/mol. The third-order valence-electron chi connectivity index (χ3n) is 1.44. The van der Waals surface area contributed by atoms with E-state index in [-0.39, 0.29) is 5.60 Å². The van der Waals surface area contributed by atoms with E-state index in [0.29, 0.717) is 6.61 Å². The predicted octanol–water partition coefficient (Wildman–Crippen LogP) is 2.80. The van der Waals surface area contributed by atoms with Crippen molar-refractivity contribution >= 4 is 0 Å². The Morgan fingerprint density at radius 1 is 1.42 bits per heavy atom. The maximum absolute atomic E-state index is 5.60. The molecule has 0 saturated heterocycles. The van der Waals surface area contributed by atoms with Crippen LogP contribution in [0, 0.1) is 6.07 Å². The maximum Gasteiger partial charge on any atom is 0.0724 e. The zero-order valence-electron chi connectivity index (χ0n) is 7.92. The van der Waals surface area contributed by atoms with Crippen LogP contribution in [0.1, 0.15) is 26.3 Å². The van der Waals surface area contributed by atoms with Crippen molar-refractivity contribution in [2.24, 2.45) is 0 Å². The van der Waals surface area contributed by atoms with E-state index in [9.17, 15) is 0 Å². The van der Waals surface area contributed by atoms with Gasteiger partial charge in [-0.05, 0) is 38.5 Å². The molecule has 0 bridgehead atoms. The Kier molecular flexibility index (Phi) is 2.88. The van der Waals surface area contributed by atoms with Crippen LogP contribution in [0.3, 0.4) is 0 Å². The fraction of sp³-hybridized carbons (Fsp3) is 0.455. The molecule has 1 rings (SSSR count). The summed E-state index contributed by atoms with van der Waals surface area (Å²) >= 11 is 0. The maximum atomic E-state index is 5.60. The van der Waals surface area contributed by atoms with Crippen molar-refractivity contribution in [1.29, 1.82) is 0 Å². The molecule has 0 fully saturated rings. The Morgan fingerprint density at radius 3 is 2.67 bits per heavy atom. The Morgan fingerprint density at radius 2 is 2.17 bits per heavy atom. The summed E-state index contributed by atoms with van der Waals surface area (Å²) in [6.07, 6.45) is 0. The van der Waals surface area contributed by atoms with Gasteiger partial charge in [0, 0.05) is 0 Å². The molecule has 65 valence electrons. The van der Waals surface area contributed by atoms with Crippen LogP contribution in [0.2, 0.25) is 0 Å². The van der Waals surface area contributed by atoms with E-state index in [4.69, 9.17) is 4.74 Å². The molecule has 1 radical (unpaired) electrons. The van der Waals surface area contributed by atoms with E-state index in [1.54, 1.807) is 0 Å². The molecule has 0 N–H and O–H groups in total. The highest BCUT2D eigenvalue weighted by molar-refractivity contribution is 5.12. The number of rotatable bonds is 2. The second-order valence-corrected chi connectivity index (χ2v) is 3.81. The molecule has 0 unspecified atom stereocenters. The normalized spacial score (nSPS) is 11.6. The standard InChI is InChI=1S/C11H15O/c1-11(2,3)12-9-10-7-5-4-6-8-10/h4-5,7-8H,9H2,1-3H3. The van der Waals surface area contributed by atoms with E-state index in [1.165, 1.54) is 5.56 Å². The van der Waals surface area contributed by atoms with Gasteiger partial charge in [-0.3, -0.25) is 0 Å². The first-order valence-corrected chi connectivity index (χ1v) is 4.17. The third kappa shape index (κ3) is 3.54. The van der Waals surface area contributed by atoms with Crippen molar-refractivity contribution in [3.8, 4) is 0 Å². The van der Waals surface area contributed by atoms with Crippen molar-refractivity contribution in [2.45, 2.75) is 33.0 Å². The zero-order valence-corrected chi connectivity index (χ0v) is 7.92. The molecule has 1 nitrogen and oxygen atoms in total.